The van der Waals surface area contributed by atoms with Gasteiger partial charge in [-0.1, -0.05) is 12.1 Å². The van der Waals surface area contributed by atoms with Crippen LogP contribution in [0, 0.1) is 24.0 Å². The minimum Gasteiger partial charge on any atom is -0.497 e. The average molecular weight is 375 g/mol. The first kappa shape index (κ1) is 19.9. The SMILES string of the molecule is COc1ccc(CNC(=O)CNC(=O)Cn2nc(C)c([N+](=O)[O-])c2C)cc1. The fraction of sp³-hybridized carbons (Fsp3) is 0.353. The number of amides is 2. The minimum atomic E-state index is -0.529. The van der Waals surface area contributed by atoms with Crippen molar-refractivity contribution in [3.8, 4) is 5.75 Å². The van der Waals surface area contributed by atoms with Crippen LogP contribution < -0.4 is 15.4 Å². The Morgan fingerprint density at radius 2 is 1.85 bits per heavy atom. The Bertz CT molecular complexity index is 844. The van der Waals surface area contributed by atoms with E-state index in [2.05, 4.69) is 15.7 Å². The van der Waals surface area contributed by atoms with Crippen molar-refractivity contribution >= 4 is 17.5 Å². The molecule has 27 heavy (non-hydrogen) atoms. The van der Waals surface area contributed by atoms with Gasteiger partial charge in [-0.3, -0.25) is 24.4 Å². The average Bonchev–Trinajstić information content (AvgIpc) is 2.92. The Hall–Kier alpha value is -3.43. The van der Waals surface area contributed by atoms with Crippen LogP contribution in [0.2, 0.25) is 0 Å². The third kappa shape index (κ3) is 5.27. The molecule has 2 rings (SSSR count). The third-order valence-electron chi connectivity index (χ3n) is 3.91. The molecule has 1 aromatic heterocycles. The summed E-state index contributed by atoms with van der Waals surface area (Å²) in [6.45, 7) is 2.95. The van der Waals surface area contributed by atoms with Crippen LogP contribution in [0.4, 0.5) is 5.69 Å². The maximum atomic E-state index is 12.0. The largest absolute Gasteiger partial charge is 0.497 e. The van der Waals surface area contributed by atoms with E-state index in [9.17, 15) is 19.7 Å². The van der Waals surface area contributed by atoms with E-state index in [1.165, 1.54) is 18.5 Å². The summed E-state index contributed by atoms with van der Waals surface area (Å²) < 4.78 is 6.31. The molecule has 2 N–H and O–H groups in total. The standard InChI is InChI=1S/C17H21N5O5/c1-11-17(22(25)26)12(2)21(20-11)10-16(24)19-9-15(23)18-8-13-4-6-14(27-3)7-5-13/h4-7H,8-10H2,1-3H3,(H,18,23)(H,19,24). The van der Waals surface area contributed by atoms with Gasteiger partial charge in [0.05, 0.1) is 18.6 Å². The molecule has 0 radical (unpaired) electrons. The molecular formula is C17H21N5O5. The highest BCUT2D eigenvalue weighted by Crippen LogP contribution is 2.21. The van der Waals surface area contributed by atoms with Gasteiger partial charge < -0.3 is 15.4 Å². The molecule has 0 aliphatic heterocycles. The number of nitrogens with zero attached hydrogens (tertiary/aromatic N) is 3. The minimum absolute atomic E-state index is 0.111. The molecule has 0 fully saturated rings. The first-order valence-electron chi connectivity index (χ1n) is 8.16. The Kier molecular flexibility index (Phi) is 6.47. The quantitative estimate of drug-likeness (QED) is 0.520. The zero-order valence-electron chi connectivity index (χ0n) is 15.3. The van der Waals surface area contributed by atoms with E-state index in [4.69, 9.17) is 4.74 Å². The van der Waals surface area contributed by atoms with Crippen LogP contribution in [-0.2, 0) is 22.7 Å². The number of hydrogen-bond acceptors (Lipinski definition) is 6. The van der Waals surface area contributed by atoms with Crippen molar-refractivity contribution < 1.29 is 19.2 Å². The molecule has 2 aromatic rings. The number of aromatic nitrogens is 2. The number of nitro groups is 1. The summed E-state index contributed by atoms with van der Waals surface area (Å²) in [4.78, 5) is 34.3. The Morgan fingerprint density at radius 3 is 2.41 bits per heavy atom. The molecule has 0 aliphatic rings. The van der Waals surface area contributed by atoms with Crippen molar-refractivity contribution in [2.45, 2.75) is 26.9 Å². The van der Waals surface area contributed by atoms with Gasteiger partial charge in [-0.25, -0.2) is 0 Å². The van der Waals surface area contributed by atoms with Crippen molar-refractivity contribution in [3.05, 3.63) is 51.3 Å². The van der Waals surface area contributed by atoms with Gasteiger partial charge in [-0.2, -0.15) is 5.10 Å². The van der Waals surface area contributed by atoms with Crippen LogP contribution in [0.25, 0.3) is 0 Å². The number of carbonyl (C=O) groups is 2. The summed E-state index contributed by atoms with van der Waals surface area (Å²) in [6, 6.07) is 7.23. The van der Waals surface area contributed by atoms with Crippen molar-refractivity contribution in [1.29, 1.82) is 0 Å². The van der Waals surface area contributed by atoms with E-state index in [0.29, 0.717) is 6.54 Å². The van der Waals surface area contributed by atoms with E-state index >= 15 is 0 Å². The zero-order valence-corrected chi connectivity index (χ0v) is 15.3. The number of rotatable bonds is 8. The van der Waals surface area contributed by atoms with Crippen LogP contribution in [-0.4, -0.2) is 40.2 Å². The van der Waals surface area contributed by atoms with Crippen molar-refractivity contribution in [3.63, 3.8) is 0 Å². The maximum absolute atomic E-state index is 12.0. The second-order valence-corrected chi connectivity index (χ2v) is 5.84. The normalized spacial score (nSPS) is 10.3. The molecule has 1 heterocycles. The number of carbonyl (C=O) groups excluding carboxylic acids is 2. The molecule has 2 amide bonds. The van der Waals surface area contributed by atoms with Gasteiger partial charge in [0, 0.05) is 6.54 Å². The monoisotopic (exact) mass is 375 g/mol. The summed E-state index contributed by atoms with van der Waals surface area (Å²) >= 11 is 0. The fourth-order valence-electron chi connectivity index (χ4n) is 2.48. The van der Waals surface area contributed by atoms with Crippen LogP contribution in [0.15, 0.2) is 24.3 Å². The van der Waals surface area contributed by atoms with E-state index in [1.807, 2.05) is 12.1 Å². The second kappa shape index (κ2) is 8.79. The first-order chi connectivity index (χ1) is 12.8. The summed E-state index contributed by atoms with van der Waals surface area (Å²) in [7, 11) is 1.57. The molecular weight excluding hydrogens is 354 g/mol. The zero-order chi connectivity index (χ0) is 20.0. The lowest BCUT2D eigenvalue weighted by Gasteiger charge is -2.08. The van der Waals surface area contributed by atoms with E-state index in [1.54, 1.807) is 19.2 Å². The molecule has 0 unspecified atom stereocenters. The summed E-state index contributed by atoms with van der Waals surface area (Å²) in [5.41, 5.74) is 1.31. The highest BCUT2D eigenvalue weighted by molar-refractivity contribution is 5.84. The second-order valence-electron chi connectivity index (χ2n) is 5.84. The highest BCUT2D eigenvalue weighted by Gasteiger charge is 2.22. The van der Waals surface area contributed by atoms with E-state index < -0.39 is 10.8 Å². The van der Waals surface area contributed by atoms with Crippen LogP contribution >= 0.6 is 0 Å². The van der Waals surface area contributed by atoms with E-state index in [-0.39, 0.29) is 36.1 Å². The van der Waals surface area contributed by atoms with Gasteiger partial charge in [0.25, 0.3) is 0 Å². The van der Waals surface area contributed by atoms with Crippen molar-refractivity contribution in [1.82, 2.24) is 20.4 Å². The maximum Gasteiger partial charge on any atom is 0.312 e. The summed E-state index contributed by atoms with van der Waals surface area (Å²) in [5.74, 6) is -0.0876. The lowest BCUT2D eigenvalue weighted by atomic mass is 10.2. The molecule has 10 heteroatoms. The number of methoxy groups -OCH3 is 1. The third-order valence-corrected chi connectivity index (χ3v) is 3.91. The number of benzene rings is 1. The molecule has 0 bridgehead atoms. The van der Waals surface area contributed by atoms with Gasteiger partial charge in [0.1, 0.15) is 23.7 Å². The molecule has 1 aromatic carbocycles. The van der Waals surface area contributed by atoms with Crippen LogP contribution in [0.3, 0.4) is 0 Å². The molecule has 0 saturated heterocycles. The molecule has 0 spiro atoms. The number of aryl methyl sites for hydroxylation is 1. The van der Waals surface area contributed by atoms with Crippen molar-refractivity contribution in [2.75, 3.05) is 13.7 Å². The van der Waals surface area contributed by atoms with Crippen LogP contribution in [0.5, 0.6) is 5.75 Å². The lowest BCUT2D eigenvalue weighted by molar-refractivity contribution is -0.386. The van der Waals surface area contributed by atoms with Gasteiger partial charge in [0.15, 0.2) is 0 Å². The topological polar surface area (TPSA) is 128 Å². The molecule has 0 atom stereocenters. The Morgan fingerprint density at radius 1 is 1.19 bits per heavy atom. The van der Waals surface area contributed by atoms with Crippen molar-refractivity contribution in [2.24, 2.45) is 0 Å². The van der Waals surface area contributed by atoms with E-state index in [0.717, 1.165) is 11.3 Å². The Labute approximate surface area is 155 Å². The number of ether oxygens (including phenoxy) is 1. The van der Waals surface area contributed by atoms with Crippen LogP contribution in [0.1, 0.15) is 17.0 Å². The number of hydrogen-bond donors (Lipinski definition) is 2. The lowest BCUT2D eigenvalue weighted by Crippen LogP contribution is -2.38. The summed E-state index contributed by atoms with van der Waals surface area (Å²) in [5, 5.41) is 20.1. The fourth-order valence-corrected chi connectivity index (χ4v) is 2.48. The summed E-state index contributed by atoms with van der Waals surface area (Å²) in [6.07, 6.45) is 0. The predicted octanol–water partition coefficient (Wildman–Crippen LogP) is 0.849. The highest BCUT2D eigenvalue weighted by atomic mass is 16.6. The van der Waals surface area contributed by atoms with Gasteiger partial charge in [-0.05, 0) is 31.5 Å². The smallest absolute Gasteiger partial charge is 0.312 e. The van der Waals surface area contributed by atoms with Gasteiger partial charge in [-0.15, -0.1) is 0 Å². The molecule has 144 valence electrons. The molecule has 10 nitrogen and oxygen atoms in total. The van der Waals surface area contributed by atoms with Gasteiger partial charge >= 0.3 is 5.69 Å². The molecule has 0 saturated carbocycles. The predicted molar refractivity (Wildman–Crippen MR) is 96.2 cm³/mol. The van der Waals surface area contributed by atoms with Gasteiger partial charge in [0.2, 0.25) is 11.8 Å². The number of nitrogens with one attached hydrogen (secondary N) is 2. The first-order valence-corrected chi connectivity index (χ1v) is 8.16. The Balaban J connectivity index is 1.80. The molecule has 0 aliphatic carbocycles.